The van der Waals surface area contributed by atoms with E-state index in [2.05, 4.69) is 47.6 Å². The van der Waals surface area contributed by atoms with Crippen molar-refractivity contribution in [3.8, 4) is 5.75 Å². The highest BCUT2D eigenvalue weighted by Crippen LogP contribution is 2.25. The highest BCUT2D eigenvalue weighted by Gasteiger charge is 2.28. The largest absolute Gasteiger partial charge is 0.492 e. The number of hydrogen-bond donors (Lipinski definition) is 0. The predicted molar refractivity (Wildman–Crippen MR) is 125 cm³/mol. The number of amides is 1. The SMILES string of the molecule is CC(C)C[C@H](C(=O)N1CCN(CCOc2cccc3ccccc23)CC1)n1cccc1. The van der Waals surface area contributed by atoms with Crippen LogP contribution in [-0.4, -0.2) is 59.6 Å². The van der Waals surface area contributed by atoms with Gasteiger partial charge in [0.15, 0.2) is 0 Å². The number of fused-ring (bicyclic) bond motifs is 1. The fraction of sp³-hybridized carbons (Fsp3) is 0.423. The van der Waals surface area contributed by atoms with Gasteiger partial charge in [-0.3, -0.25) is 9.69 Å². The first-order valence-corrected chi connectivity index (χ1v) is 11.4. The Kier molecular flexibility index (Phi) is 6.92. The van der Waals surface area contributed by atoms with Gasteiger partial charge in [0.05, 0.1) is 0 Å². The zero-order chi connectivity index (χ0) is 21.6. The molecule has 1 aliphatic rings. The Morgan fingerprint density at radius 3 is 2.39 bits per heavy atom. The van der Waals surface area contributed by atoms with Crippen LogP contribution in [0.3, 0.4) is 0 Å². The Balaban J connectivity index is 1.28. The minimum atomic E-state index is -0.101. The minimum absolute atomic E-state index is 0.101. The van der Waals surface area contributed by atoms with E-state index in [4.69, 9.17) is 4.74 Å². The van der Waals surface area contributed by atoms with Crippen molar-refractivity contribution in [3.05, 3.63) is 67.0 Å². The molecule has 2 aromatic carbocycles. The van der Waals surface area contributed by atoms with Gasteiger partial charge < -0.3 is 14.2 Å². The first-order valence-electron chi connectivity index (χ1n) is 11.4. The van der Waals surface area contributed by atoms with Gasteiger partial charge >= 0.3 is 0 Å². The summed E-state index contributed by atoms with van der Waals surface area (Å²) in [6.45, 7) is 9.23. The molecule has 1 aliphatic heterocycles. The molecule has 0 unspecified atom stereocenters. The van der Waals surface area contributed by atoms with Crippen LogP contribution in [0.4, 0.5) is 0 Å². The second kappa shape index (κ2) is 10.0. The molecule has 1 saturated heterocycles. The van der Waals surface area contributed by atoms with Crippen LogP contribution < -0.4 is 4.74 Å². The molecule has 164 valence electrons. The van der Waals surface area contributed by atoms with Gasteiger partial charge in [-0.15, -0.1) is 0 Å². The van der Waals surface area contributed by atoms with Crippen LogP contribution in [0, 0.1) is 5.92 Å². The van der Waals surface area contributed by atoms with Crippen LogP contribution in [0.2, 0.25) is 0 Å². The number of aromatic nitrogens is 1. The van der Waals surface area contributed by atoms with E-state index in [1.807, 2.05) is 47.6 Å². The first-order chi connectivity index (χ1) is 15.1. The molecule has 1 aromatic heterocycles. The molecular weight excluding hydrogens is 386 g/mol. The molecule has 0 spiro atoms. The van der Waals surface area contributed by atoms with Crippen LogP contribution in [0.1, 0.15) is 26.3 Å². The van der Waals surface area contributed by atoms with Gasteiger partial charge in [-0.1, -0.05) is 50.2 Å². The molecule has 2 heterocycles. The van der Waals surface area contributed by atoms with Crippen molar-refractivity contribution >= 4 is 16.7 Å². The average molecular weight is 420 g/mol. The van der Waals surface area contributed by atoms with Gasteiger partial charge in [0, 0.05) is 50.5 Å². The summed E-state index contributed by atoms with van der Waals surface area (Å²) < 4.78 is 8.16. The maximum Gasteiger partial charge on any atom is 0.245 e. The molecule has 5 heteroatoms. The first kappa shape index (κ1) is 21.4. The summed E-state index contributed by atoms with van der Waals surface area (Å²) in [7, 11) is 0. The van der Waals surface area contributed by atoms with E-state index in [0.29, 0.717) is 12.5 Å². The number of carbonyl (C=O) groups excluding carboxylic acids is 1. The number of benzene rings is 2. The van der Waals surface area contributed by atoms with Crippen molar-refractivity contribution in [1.29, 1.82) is 0 Å². The van der Waals surface area contributed by atoms with Gasteiger partial charge in [-0.05, 0) is 35.9 Å². The lowest BCUT2D eigenvalue weighted by atomic mass is 10.0. The number of piperazine rings is 1. The van der Waals surface area contributed by atoms with Crippen LogP contribution in [-0.2, 0) is 4.79 Å². The molecular formula is C26H33N3O2. The lowest BCUT2D eigenvalue weighted by Gasteiger charge is -2.37. The monoisotopic (exact) mass is 419 g/mol. The van der Waals surface area contributed by atoms with Crippen molar-refractivity contribution in [2.75, 3.05) is 39.3 Å². The van der Waals surface area contributed by atoms with E-state index in [1.165, 1.54) is 5.39 Å². The fourth-order valence-corrected chi connectivity index (χ4v) is 4.36. The molecule has 4 rings (SSSR count). The van der Waals surface area contributed by atoms with Crippen LogP contribution in [0.5, 0.6) is 5.75 Å². The Bertz CT molecular complexity index is 970. The number of ether oxygens (including phenoxy) is 1. The standard InChI is InChI=1S/C26H33N3O2/c1-21(2)20-24(28-12-5-6-13-28)26(30)29-16-14-27(15-17-29)18-19-31-25-11-7-9-22-8-3-4-10-23(22)25/h3-13,21,24H,14-20H2,1-2H3/t24-/m1/s1. The van der Waals surface area contributed by atoms with Crippen molar-refractivity contribution < 1.29 is 9.53 Å². The van der Waals surface area contributed by atoms with E-state index in [-0.39, 0.29) is 11.9 Å². The second-order valence-electron chi connectivity index (χ2n) is 8.77. The normalized spacial score (nSPS) is 16.0. The molecule has 31 heavy (non-hydrogen) atoms. The van der Waals surface area contributed by atoms with Crippen LogP contribution in [0.25, 0.3) is 10.8 Å². The number of rotatable bonds is 8. The molecule has 5 nitrogen and oxygen atoms in total. The molecule has 3 aromatic rings. The smallest absolute Gasteiger partial charge is 0.245 e. The molecule has 0 radical (unpaired) electrons. The topological polar surface area (TPSA) is 37.7 Å². The minimum Gasteiger partial charge on any atom is -0.492 e. The van der Waals surface area contributed by atoms with Crippen molar-refractivity contribution in [2.24, 2.45) is 5.92 Å². The zero-order valence-electron chi connectivity index (χ0n) is 18.6. The fourth-order valence-electron chi connectivity index (χ4n) is 4.36. The molecule has 1 fully saturated rings. The summed E-state index contributed by atoms with van der Waals surface area (Å²) in [5, 5.41) is 2.35. The highest BCUT2D eigenvalue weighted by molar-refractivity contribution is 5.88. The van der Waals surface area contributed by atoms with Crippen molar-refractivity contribution in [1.82, 2.24) is 14.4 Å². The predicted octanol–water partition coefficient (Wildman–Crippen LogP) is 4.45. The van der Waals surface area contributed by atoms with E-state index in [0.717, 1.165) is 50.3 Å². The zero-order valence-corrected chi connectivity index (χ0v) is 18.6. The lowest BCUT2D eigenvalue weighted by molar-refractivity contribution is -0.137. The highest BCUT2D eigenvalue weighted by atomic mass is 16.5. The van der Waals surface area contributed by atoms with Gasteiger partial charge in [0.1, 0.15) is 18.4 Å². The lowest BCUT2D eigenvalue weighted by Crippen LogP contribution is -2.51. The third-order valence-electron chi connectivity index (χ3n) is 6.07. The number of nitrogens with zero attached hydrogens (tertiary/aromatic N) is 3. The summed E-state index contributed by atoms with van der Waals surface area (Å²) in [6, 6.07) is 18.4. The summed E-state index contributed by atoms with van der Waals surface area (Å²) in [5.41, 5.74) is 0. The van der Waals surface area contributed by atoms with E-state index in [9.17, 15) is 4.79 Å². The summed E-state index contributed by atoms with van der Waals surface area (Å²) in [5.74, 6) is 1.66. The Morgan fingerprint density at radius 2 is 1.65 bits per heavy atom. The van der Waals surface area contributed by atoms with E-state index < -0.39 is 0 Å². The summed E-state index contributed by atoms with van der Waals surface area (Å²) in [6.07, 6.45) is 4.88. The summed E-state index contributed by atoms with van der Waals surface area (Å²) >= 11 is 0. The maximum absolute atomic E-state index is 13.2. The van der Waals surface area contributed by atoms with Gasteiger partial charge in [-0.25, -0.2) is 0 Å². The molecule has 0 saturated carbocycles. The van der Waals surface area contributed by atoms with Gasteiger partial charge in [-0.2, -0.15) is 0 Å². The Morgan fingerprint density at radius 1 is 0.935 bits per heavy atom. The molecule has 0 bridgehead atoms. The van der Waals surface area contributed by atoms with Crippen molar-refractivity contribution in [2.45, 2.75) is 26.3 Å². The van der Waals surface area contributed by atoms with Crippen molar-refractivity contribution in [3.63, 3.8) is 0 Å². The quantitative estimate of drug-likeness (QED) is 0.541. The maximum atomic E-state index is 13.2. The second-order valence-corrected chi connectivity index (χ2v) is 8.77. The number of hydrogen-bond acceptors (Lipinski definition) is 3. The Labute approximate surface area is 185 Å². The third kappa shape index (κ3) is 5.28. The summed E-state index contributed by atoms with van der Waals surface area (Å²) in [4.78, 5) is 17.7. The van der Waals surface area contributed by atoms with E-state index in [1.54, 1.807) is 0 Å². The van der Waals surface area contributed by atoms with Crippen LogP contribution >= 0.6 is 0 Å². The Hall–Kier alpha value is -2.79. The molecule has 1 amide bonds. The molecule has 0 aliphatic carbocycles. The number of carbonyl (C=O) groups is 1. The van der Waals surface area contributed by atoms with Gasteiger partial charge in [0.25, 0.3) is 0 Å². The molecule has 0 N–H and O–H groups in total. The van der Waals surface area contributed by atoms with Crippen LogP contribution in [0.15, 0.2) is 67.0 Å². The average Bonchev–Trinajstić information content (AvgIpc) is 3.32. The molecule has 1 atom stereocenters. The third-order valence-corrected chi connectivity index (χ3v) is 6.07. The van der Waals surface area contributed by atoms with Gasteiger partial charge in [0.2, 0.25) is 5.91 Å². The van der Waals surface area contributed by atoms with E-state index >= 15 is 0 Å².